The fourth-order valence-electron chi connectivity index (χ4n) is 2.60. The summed E-state index contributed by atoms with van der Waals surface area (Å²) in [7, 11) is 0. The van der Waals surface area contributed by atoms with Crippen molar-refractivity contribution in [3.05, 3.63) is 35.4 Å². The number of aliphatic hydroxyl groups excluding tert-OH is 1. The first-order valence-electron chi connectivity index (χ1n) is 6.44. The van der Waals surface area contributed by atoms with Gasteiger partial charge >= 0.3 is 0 Å². The van der Waals surface area contributed by atoms with Crippen LogP contribution in [0.5, 0.6) is 0 Å². The Morgan fingerprint density at radius 2 is 1.94 bits per heavy atom. The number of benzene rings is 1. The molecule has 1 heterocycles. The van der Waals surface area contributed by atoms with Crippen LogP contribution in [0.15, 0.2) is 18.2 Å². The lowest BCUT2D eigenvalue weighted by molar-refractivity contribution is 0.0221. The smallest absolute Gasteiger partial charge is 0.126 e. The molecule has 1 aromatic rings. The largest absolute Gasteiger partial charge is 0.393 e. The zero-order chi connectivity index (χ0) is 13.1. The van der Waals surface area contributed by atoms with Gasteiger partial charge in [0.1, 0.15) is 11.6 Å². The molecule has 0 saturated carbocycles. The zero-order valence-corrected chi connectivity index (χ0v) is 10.6. The van der Waals surface area contributed by atoms with Gasteiger partial charge in [0, 0.05) is 25.7 Å². The SMILES string of the molecule is CCC1CN(Cc2cc(F)cc(F)c2)CCC1O. The molecule has 1 aromatic carbocycles. The lowest BCUT2D eigenvalue weighted by Gasteiger charge is -2.35. The van der Waals surface area contributed by atoms with Gasteiger partial charge in [0.2, 0.25) is 0 Å². The van der Waals surface area contributed by atoms with Crippen LogP contribution in [0.4, 0.5) is 8.78 Å². The molecule has 0 bridgehead atoms. The van der Waals surface area contributed by atoms with Crippen LogP contribution in [0.3, 0.4) is 0 Å². The Kier molecular flexibility index (Phi) is 4.30. The monoisotopic (exact) mass is 255 g/mol. The van der Waals surface area contributed by atoms with Crippen LogP contribution in [0.2, 0.25) is 0 Å². The van der Waals surface area contributed by atoms with Crippen LogP contribution in [0.1, 0.15) is 25.3 Å². The second-order valence-electron chi connectivity index (χ2n) is 5.04. The molecule has 0 aliphatic carbocycles. The van der Waals surface area contributed by atoms with Gasteiger partial charge in [0.15, 0.2) is 0 Å². The van der Waals surface area contributed by atoms with Gasteiger partial charge in [-0.15, -0.1) is 0 Å². The third-order valence-corrected chi connectivity index (χ3v) is 3.63. The summed E-state index contributed by atoms with van der Waals surface area (Å²) in [5.41, 5.74) is 0.652. The van der Waals surface area contributed by atoms with E-state index in [0.29, 0.717) is 12.1 Å². The number of nitrogens with zero attached hydrogens (tertiary/aromatic N) is 1. The molecule has 1 N–H and O–H groups in total. The predicted octanol–water partition coefficient (Wildman–Crippen LogP) is 2.56. The zero-order valence-electron chi connectivity index (χ0n) is 10.6. The van der Waals surface area contributed by atoms with Crippen LogP contribution in [-0.2, 0) is 6.54 Å². The summed E-state index contributed by atoms with van der Waals surface area (Å²) >= 11 is 0. The molecule has 4 heteroatoms. The minimum atomic E-state index is -0.533. The molecule has 2 atom stereocenters. The van der Waals surface area contributed by atoms with E-state index in [4.69, 9.17) is 0 Å². The van der Waals surface area contributed by atoms with E-state index in [1.165, 1.54) is 12.1 Å². The Bertz CT molecular complexity index is 391. The maximum Gasteiger partial charge on any atom is 0.126 e. The first kappa shape index (κ1) is 13.4. The minimum absolute atomic E-state index is 0.240. The van der Waals surface area contributed by atoms with Gasteiger partial charge in [-0.25, -0.2) is 8.78 Å². The summed E-state index contributed by atoms with van der Waals surface area (Å²) in [5, 5.41) is 9.79. The summed E-state index contributed by atoms with van der Waals surface area (Å²) < 4.78 is 26.2. The van der Waals surface area contributed by atoms with E-state index in [9.17, 15) is 13.9 Å². The average Bonchev–Trinajstić information content (AvgIpc) is 2.30. The molecular weight excluding hydrogens is 236 g/mol. The molecule has 1 fully saturated rings. The molecule has 18 heavy (non-hydrogen) atoms. The molecule has 2 unspecified atom stereocenters. The molecule has 2 nitrogen and oxygen atoms in total. The minimum Gasteiger partial charge on any atom is -0.393 e. The third-order valence-electron chi connectivity index (χ3n) is 3.63. The van der Waals surface area contributed by atoms with Gasteiger partial charge < -0.3 is 5.11 Å². The highest BCUT2D eigenvalue weighted by molar-refractivity contribution is 5.17. The maximum atomic E-state index is 13.1. The van der Waals surface area contributed by atoms with Gasteiger partial charge in [-0.1, -0.05) is 6.92 Å². The number of hydrogen-bond donors (Lipinski definition) is 1. The van der Waals surface area contributed by atoms with Gasteiger partial charge in [-0.2, -0.15) is 0 Å². The van der Waals surface area contributed by atoms with Crippen LogP contribution in [0, 0.1) is 17.6 Å². The van der Waals surface area contributed by atoms with Gasteiger partial charge in [0.05, 0.1) is 6.10 Å². The van der Waals surface area contributed by atoms with Crippen molar-refractivity contribution in [2.45, 2.75) is 32.4 Å². The topological polar surface area (TPSA) is 23.5 Å². The lowest BCUT2D eigenvalue weighted by atomic mass is 9.92. The summed E-state index contributed by atoms with van der Waals surface area (Å²) in [6.07, 6.45) is 1.42. The number of rotatable bonds is 3. The molecule has 2 rings (SSSR count). The summed E-state index contributed by atoms with van der Waals surface area (Å²) in [5.74, 6) is -0.805. The number of likely N-dealkylation sites (tertiary alicyclic amines) is 1. The Balaban J connectivity index is 2.01. The second-order valence-corrected chi connectivity index (χ2v) is 5.04. The van der Waals surface area contributed by atoms with Gasteiger partial charge in [0.25, 0.3) is 0 Å². The maximum absolute atomic E-state index is 13.1. The number of halogens is 2. The highest BCUT2D eigenvalue weighted by Gasteiger charge is 2.26. The highest BCUT2D eigenvalue weighted by atomic mass is 19.1. The van der Waals surface area contributed by atoms with Crippen molar-refractivity contribution in [2.24, 2.45) is 5.92 Å². The lowest BCUT2D eigenvalue weighted by Crippen LogP contribution is -2.42. The number of piperidine rings is 1. The van der Waals surface area contributed by atoms with E-state index in [1.807, 2.05) is 0 Å². The quantitative estimate of drug-likeness (QED) is 0.897. The van der Waals surface area contributed by atoms with Crippen molar-refractivity contribution in [1.29, 1.82) is 0 Å². The Hall–Kier alpha value is -1.00. The fraction of sp³-hybridized carbons (Fsp3) is 0.571. The van der Waals surface area contributed by atoms with Crippen LogP contribution < -0.4 is 0 Å². The average molecular weight is 255 g/mol. The van der Waals surface area contributed by atoms with E-state index < -0.39 is 11.6 Å². The van der Waals surface area contributed by atoms with Crippen molar-refractivity contribution >= 4 is 0 Å². The molecule has 0 aromatic heterocycles. The van der Waals surface area contributed by atoms with Gasteiger partial charge in [-0.05, 0) is 36.5 Å². The number of aliphatic hydroxyl groups is 1. The van der Waals surface area contributed by atoms with E-state index in [2.05, 4.69) is 11.8 Å². The molecule has 1 aliphatic rings. The normalized spacial score (nSPS) is 25.3. The molecule has 100 valence electrons. The van der Waals surface area contributed by atoms with E-state index in [1.54, 1.807) is 0 Å². The van der Waals surface area contributed by atoms with Crippen molar-refractivity contribution in [3.8, 4) is 0 Å². The van der Waals surface area contributed by atoms with Crippen molar-refractivity contribution < 1.29 is 13.9 Å². The Labute approximate surface area is 106 Å². The standard InChI is InChI=1S/C14H19F2NO/c1-2-11-9-17(4-3-14(11)18)8-10-5-12(15)7-13(16)6-10/h5-7,11,14,18H,2-4,8-9H2,1H3. The first-order valence-corrected chi connectivity index (χ1v) is 6.44. The van der Waals surface area contributed by atoms with Crippen LogP contribution in [0.25, 0.3) is 0 Å². The Morgan fingerprint density at radius 1 is 1.28 bits per heavy atom. The summed E-state index contributed by atoms with van der Waals surface area (Å²) in [4.78, 5) is 2.15. The summed E-state index contributed by atoms with van der Waals surface area (Å²) in [6.45, 7) is 4.16. The third kappa shape index (κ3) is 3.27. The van der Waals surface area contributed by atoms with Crippen LogP contribution in [-0.4, -0.2) is 29.2 Å². The molecular formula is C14H19F2NO. The molecule has 0 spiro atoms. The fourth-order valence-corrected chi connectivity index (χ4v) is 2.60. The first-order chi connectivity index (χ1) is 8.58. The predicted molar refractivity (Wildman–Crippen MR) is 66.0 cm³/mol. The van der Waals surface area contributed by atoms with Crippen molar-refractivity contribution in [3.63, 3.8) is 0 Å². The highest BCUT2D eigenvalue weighted by Crippen LogP contribution is 2.22. The summed E-state index contributed by atoms with van der Waals surface area (Å²) in [6, 6.07) is 3.63. The molecule has 1 saturated heterocycles. The van der Waals surface area contributed by atoms with Gasteiger partial charge in [-0.3, -0.25) is 4.90 Å². The molecule has 1 aliphatic heterocycles. The van der Waals surface area contributed by atoms with Crippen molar-refractivity contribution in [2.75, 3.05) is 13.1 Å². The Morgan fingerprint density at radius 3 is 2.56 bits per heavy atom. The van der Waals surface area contributed by atoms with E-state index >= 15 is 0 Å². The number of hydrogen-bond acceptors (Lipinski definition) is 2. The molecule has 0 radical (unpaired) electrons. The second kappa shape index (κ2) is 5.76. The van der Waals surface area contributed by atoms with E-state index in [-0.39, 0.29) is 12.0 Å². The molecule has 0 amide bonds. The van der Waals surface area contributed by atoms with Crippen LogP contribution >= 0.6 is 0 Å². The van der Waals surface area contributed by atoms with E-state index in [0.717, 1.165) is 32.0 Å². The van der Waals surface area contributed by atoms with Crippen molar-refractivity contribution in [1.82, 2.24) is 4.90 Å².